The second-order valence-corrected chi connectivity index (χ2v) is 9.32. The predicted octanol–water partition coefficient (Wildman–Crippen LogP) is 5.76. The van der Waals surface area contributed by atoms with E-state index >= 15 is 0 Å². The van der Waals surface area contributed by atoms with Gasteiger partial charge in [0.1, 0.15) is 5.60 Å². The molecular formula is C21H35IO4. The molecule has 0 bridgehead atoms. The average Bonchev–Trinajstić information content (AvgIpc) is 2.79. The molecule has 0 fully saturated rings. The van der Waals surface area contributed by atoms with Gasteiger partial charge in [-0.1, -0.05) is 39.0 Å². The van der Waals surface area contributed by atoms with Crippen molar-refractivity contribution in [3.05, 3.63) is 9.66 Å². The fraction of sp³-hybridized carbons (Fsp3) is 0.810. The quantitative estimate of drug-likeness (QED) is 0.203. The van der Waals surface area contributed by atoms with Gasteiger partial charge in [-0.15, -0.1) is 0 Å². The fourth-order valence-electron chi connectivity index (χ4n) is 3.10. The van der Waals surface area contributed by atoms with Crippen LogP contribution in [0.15, 0.2) is 9.66 Å². The molecule has 5 heteroatoms. The molecule has 150 valence electrons. The molecule has 0 aromatic heterocycles. The molecule has 0 saturated carbocycles. The highest BCUT2D eigenvalue weighted by molar-refractivity contribution is 14.1. The van der Waals surface area contributed by atoms with Gasteiger partial charge < -0.3 is 9.47 Å². The third-order valence-corrected chi connectivity index (χ3v) is 5.32. The van der Waals surface area contributed by atoms with Crippen LogP contribution in [0.3, 0.4) is 0 Å². The third kappa shape index (κ3) is 9.49. The normalized spacial score (nSPS) is 20.3. The lowest BCUT2D eigenvalue weighted by molar-refractivity contribution is -0.155. The van der Waals surface area contributed by atoms with Gasteiger partial charge in [-0.3, -0.25) is 9.59 Å². The van der Waals surface area contributed by atoms with Crippen LogP contribution >= 0.6 is 22.6 Å². The Morgan fingerprint density at radius 2 is 1.81 bits per heavy atom. The van der Waals surface area contributed by atoms with Gasteiger partial charge in [-0.25, -0.2) is 0 Å². The summed E-state index contributed by atoms with van der Waals surface area (Å²) < 4.78 is 12.4. The first-order valence-electron chi connectivity index (χ1n) is 9.99. The molecule has 0 heterocycles. The summed E-state index contributed by atoms with van der Waals surface area (Å²) in [5.41, 5.74) is -0.412. The highest BCUT2D eigenvalue weighted by Gasteiger charge is 2.35. The first-order chi connectivity index (χ1) is 12.2. The molecule has 0 aromatic rings. The largest absolute Gasteiger partial charge is 0.460 e. The van der Waals surface area contributed by atoms with Crippen molar-refractivity contribution in [2.24, 2.45) is 5.92 Å². The van der Waals surface area contributed by atoms with Gasteiger partial charge in [-0.2, -0.15) is 0 Å². The van der Waals surface area contributed by atoms with Crippen molar-refractivity contribution < 1.29 is 19.1 Å². The second-order valence-electron chi connectivity index (χ2n) is 8.08. The first kappa shape index (κ1) is 23.6. The molecule has 0 N–H and O–H groups in total. The van der Waals surface area contributed by atoms with E-state index in [1.807, 2.05) is 20.8 Å². The van der Waals surface area contributed by atoms with E-state index in [9.17, 15) is 9.59 Å². The molecule has 0 spiro atoms. The second kappa shape index (κ2) is 12.1. The molecular weight excluding hydrogens is 443 g/mol. The van der Waals surface area contributed by atoms with Crippen molar-refractivity contribution in [1.29, 1.82) is 0 Å². The highest BCUT2D eigenvalue weighted by Crippen LogP contribution is 2.33. The third-order valence-electron chi connectivity index (χ3n) is 4.39. The monoisotopic (exact) mass is 478 g/mol. The Morgan fingerprint density at radius 1 is 1.12 bits per heavy atom. The summed E-state index contributed by atoms with van der Waals surface area (Å²) >= 11 is 2.24. The maximum Gasteiger partial charge on any atom is 0.306 e. The topological polar surface area (TPSA) is 52.6 Å². The number of carbonyl (C=O) groups excluding carboxylic acids is 2. The van der Waals surface area contributed by atoms with E-state index < -0.39 is 5.60 Å². The summed E-state index contributed by atoms with van der Waals surface area (Å²) in [5.74, 6) is 0.0887. The molecule has 0 saturated heterocycles. The lowest BCUT2D eigenvalue weighted by atomic mass is 9.96. The van der Waals surface area contributed by atoms with Gasteiger partial charge in [0.05, 0.1) is 12.0 Å². The van der Waals surface area contributed by atoms with Gasteiger partial charge in [0.2, 0.25) is 0 Å². The standard InChI is InChI=1S/C21H35IO4/c1-5-6-7-9-12-16-18(23)15-17(22)20(16)25-14-11-8-10-13-19(24)26-21(2,3)4/h15-16,20H,5-14H2,1-4H3/t16-,20-/m0/s1. The van der Waals surface area contributed by atoms with Gasteiger partial charge in [0.15, 0.2) is 5.78 Å². The van der Waals surface area contributed by atoms with Crippen LogP contribution in [0, 0.1) is 5.92 Å². The van der Waals surface area contributed by atoms with Crippen molar-refractivity contribution in [2.45, 2.75) is 97.2 Å². The number of ketones is 1. The van der Waals surface area contributed by atoms with Gasteiger partial charge in [0.25, 0.3) is 0 Å². The Hall–Kier alpha value is -0.430. The molecule has 4 nitrogen and oxygen atoms in total. The van der Waals surface area contributed by atoms with Gasteiger partial charge in [0, 0.05) is 16.6 Å². The SMILES string of the molecule is CCCCCC[C@H]1C(=O)C=C(I)[C@H]1OCCCCCC(=O)OC(C)(C)C. The Labute approximate surface area is 172 Å². The Morgan fingerprint density at radius 3 is 2.46 bits per heavy atom. The number of esters is 1. The van der Waals surface area contributed by atoms with Crippen LogP contribution in [0.2, 0.25) is 0 Å². The molecule has 1 aliphatic carbocycles. The van der Waals surface area contributed by atoms with Crippen LogP contribution in [-0.4, -0.2) is 30.1 Å². The summed E-state index contributed by atoms with van der Waals surface area (Å²) in [6, 6.07) is 0. The maximum absolute atomic E-state index is 12.2. The zero-order valence-corrected chi connectivity index (χ0v) is 19.0. The minimum atomic E-state index is -0.412. The average molecular weight is 478 g/mol. The summed E-state index contributed by atoms with van der Waals surface area (Å²) in [7, 11) is 0. The minimum Gasteiger partial charge on any atom is -0.460 e. The van der Waals surface area contributed by atoms with Crippen LogP contribution < -0.4 is 0 Å². The van der Waals surface area contributed by atoms with E-state index in [0.29, 0.717) is 13.0 Å². The molecule has 0 amide bonds. The zero-order valence-electron chi connectivity index (χ0n) is 16.8. The summed E-state index contributed by atoms with van der Waals surface area (Å²) in [4.78, 5) is 23.8. The molecule has 0 unspecified atom stereocenters. The number of halogens is 1. The van der Waals surface area contributed by atoms with Gasteiger partial charge in [-0.05, 0) is 68.7 Å². The number of allylic oxidation sites excluding steroid dienone is 1. The lowest BCUT2D eigenvalue weighted by Gasteiger charge is -2.21. The Kier molecular flexibility index (Phi) is 11.0. The van der Waals surface area contributed by atoms with E-state index in [4.69, 9.17) is 9.47 Å². The molecule has 1 rings (SSSR count). The molecule has 26 heavy (non-hydrogen) atoms. The lowest BCUT2D eigenvalue weighted by Crippen LogP contribution is -2.25. The highest BCUT2D eigenvalue weighted by atomic mass is 127. The van der Waals surface area contributed by atoms with E-state index in [0.717, 1.165) is 35.7 Å². The van der Waals surface area contributed by atoms with E-state index in [2.05, 4.69) is 29.5 Å². The van der Waals surface area contributed by atoms with E-state index in [-0.39, 0.29) is 23.8 Å². The molecule has 2 atom stereocenters. The van der Waals surface area contributed by atoms with Crippen LogP contribution in [0.5, 0.6) is 0 Å². The molecule has 0 aliphatic heterocycles. The van der Waals surface area contributed by atoms with E-state index in [1.54, 1.807) is 6.08 Å². The number of hydrogen-bond donors (Lipinski definition) is 0. The van der Waals surface area contributed by atoms with Gasteiger partial charge >= 0.3 is 5.97 Å². The van der Waals surface area contributed by atoms with Crippen LogP contribution in [0.25, 0.3) is 0 Å². The van der Waals surface area contributed by atoms with Crippen LogP contribution in [-0.2, 0) is 19.1 Å². The van der Waals surface area contributed by atoms with Crippen molar-refractivity contribution >= 4 is 34.3 Å². The Balaban J connectivity index is 2.22. The number of carbonyl (C=O) groups is 2. The summed E-state index contributed by atoms with van der Waals surface area (Å²) in [5, 5.41) is 0. The number of hydrogen-bond acceptors (Lipinski definition) is 4. The van der Waals surface area contributed by atoms with Crippen molar-refractivity contribution in [3.8, 4) is 0 Å². The molecule has 0 radical (unpaired) electrons. The van der Waals surface area contributed by atoms with Crippen molar-refractivity contribution in [1.82, 2.24) is 0 Å². The minimum absolute atomic E-state index is 0.000481. The summed E-state index contributed by atoms with van der Waals surface area (Å²) in [6.45, 7) is 8.48. The van der Waals surface area contributed by atoms with Crippen LogP contribution in [0.1, 0.15) is 85.5 Å². The summed E-state index contributed by atoms with van der Waals surface area (Å²) in [6.07, 6.45) is 10.4. The first-order valence-corrected chi connectivity index (χ1v) is 11.1. The fourth-order valence-corrected chi connectivity index (χ4v) is 4.02. The molecule has 1 aliphatic rings. The van der Waals surface area contributed by atoms with E-state index in [1.165, 1.54) is 19.3 Å². The van der Waals surface area contributed by atoms with Crippen LogP contribution in [0.4, 0.5) is 0 Å². The smallest absolute Gasteiger partial charge is 0.306 e. The Bertz CT molecular complexity index is 479. The maximum atomic E-state index is 12.2. The zero-order chi connectivity index (χ0) is 19.6. The molecule has 0 aromatic carbocycles. The van der Waals surface area contributed by atoms with Crippen molar-refractivity contribution in [3.63, 3.8) is 0 Å². The predicted molar refractivity (Wildman–Crippen MR) is 113 cm³/mol. The number of rotatable bonds is 12. The van der Waals surface area contributed by atoms with Crippen molar-refractivity contribution in [2.75, 3.05) is 6.61 Å². The number of ether oxygens (including phenoxy) is 2. The number of unbranched alkanes of at least 4 members (excludes halogenated alkanes) is 5.